The maximum absolute atomic E-state index is 12.0. The molecule has 6 heteroatoms. The second kappa shape index (κ2) is 5.71. The van der Waals surface area contributed by atoms with E-state index >= 15 is 0 Å². The van der Waals surface area contributed by atoms with E-state index in [4.69, 9.17) is 17.3 Å². The van der Waals surface area contributed by atoms with Crippen molar-refractivity contribution in [3.05, 3.63) is 68.7 Å². The number of nitrogens with zero attached hydrogens (tertiary/aromatic N) is 1. The number of hydrogen-bond acceptors (Lipinski definition) is 4. The number of nitro benzene ring substituents is 1. The van der Waals surface area contributed by atoms with Crippen LogP contribution in [-0.2, 0) is 6.42 Å². The van der Waals surface area contributed by atoms with Crippen molar-refractivity contribution in [3.63, 3.8) is 0 Å². The van der Waals surface area contributed by atoms with Crippen LogP contribution >= 0.6 is 11.6 Å². The molecule has 0 radical (unpaired) electrons. The molecule has 2 N–H and O–H groups in total. The molecule has 0 unspecified atom stereocenters. The summed E-state index contributed by atoms with van der Waals surface area (Å²) in [4.78, 5) is 22.3. The van der Waals surface area contributed by atoms with Crippen molar-refractivity contribution < 1.29 is 9.72 Å². The van der Waals surface area contributed by atoms with Crippen molar-refractivity contribution in [2.24, 2.45) is 0 Å². The lowest BCUT2D eigenvalue weighted by Gasteiger charge is -2.03. The molecule has 0 saturated carbocycles. The summed E-state index contributed by atoms with van der Waals surface area (Å²) < 4.78 is 0. The minimum Gasteiger partial charge on any atom is -0.393 e. The Morgan fingerprint density at radius 1 is 1.20 bits per heavy atom. The Balaban J connectivity index is 2.21. The van der Waals surface area contributed by atoms with E-state index in [0.29, 0.717) is 16.1 Å². The van der Waals surface area contributed by atoms with Gasteiger partial charge in [-0.25, -0.2) is 0 Å². The first-order valence-electron chi connectivity index (χ1n) is 5.79. The quantitative estimate of drug-likeness (QED) is 0.405. The number of rotatable bonds is 4. The number of benzene rings is 2. The van der Waals surface area contributed by atoms with Gasteiger partial charge in [-0.15, -0.1) is 0 Å². The minimum absolute atomic E-state index is 0.0722. The van der Waals surface area contributed by atoms with Gasteiger partial charge in [-0.1, -0.05) is 17.7 Å². The van der Waals surface area contributed by atoms with Gasteiger partial charge in [0.05, 0.1) is 4.92 Å². The Bertz CT molecular complexity index is 669. The summed E-state index contributed by atoms with van der Waals surface area (Å²) in [5, 5.41) is 11.3. The van der Waals surface area contributed by atoms with Gasteiger partial charge in [0, 0.05) is 23.1 Å². The predicted octanol–water partition coefficient (Wildman–Crippen LogP) is 3.26. The van der Waals surface area contributed by atoms with Gasteiger partial charge >= 0.3 is 0 Å². The van der Waals surface area contributed by atoms with Crippen molar-refractivity contribution in [1.82, 2.24) is 0 Å². The van der Waals surface area contributed by atoms with Crippen LogP contribution in [0.1, 0.15) is 15.9 Å². The third-order valence-electron chi connectivity index (χ3n) is 2.82. The van der Waals surface area contributed by atoms with Crippen LogP contribution < -0.4 is 5.73 Å². The molecule has 0 aromatic heterocycles. The van der Waals surface area contributed by atoms with Gasteiger partial charge in [0.25, 0.3) is 5.69 Å². The van der Waals surface area contributed by atoms with Crippen LogP contribution in [-0.4, -0.2) is 10.7 Å². The SMILES string of the molecule is Nc1ccc(CC(=O)c2ccc(Cl)cc2)cc1[N+](=O)[O-]. The molecule has 0 bridgehead atoms. The third-order valence-corrected chi connectivity index (χ3v) is 3.07. The second-order valence-electron chi connectivity index (χ2n) is 4.26. The van der Waals surface area contributed by atoms with Crippen molar-refractivity contribution in [2.45, 2.75) is 6.42 Å². The Morgan fingerprint density at radius 2 is 1.85 bits per heavy atom. The van der Waals surface area contributed by atoms with Crippen LogP contribution in [0.3, 0.4) is 0 Å². The fraction of sp³-hybridized carbons (Fsp3) is 0.0714. The number of nitro groups is 1. The molecular weight excluding hydrogens is 280 g/mol. The highest BCUT2D eigenvalue weighted by atomic mass is 35.5. The molecule has 0 spiro atoms. The zero-order valence-electron chi connectivity index (χ0n) is 10.4. The Labute approximate surface area is 120 Å². The van der Waals surface area contributed by atoms with Gasteiger partial charge in [-0.3, -0.25) is 14.9 Å². The normalized spacial score (nSPS) is 10.2. The summed E-state index contributed by atoms with van der Waals surface area (Å²) in [6.45, 7) is 0. The number of hydrogen-bond donors (Lipinski definition) is 1. The number of nitrogen functional groups attached to an aromatic ring is 1. The standard InChI is InChI=1S/C14H11ClN2O3/c15-11-4-2-10(3-5-11)14(18)8-9-1-6-12(16)13(7-9)17(19)20/h1-7H,8,16H2. The molecule has 102 valence electrons. The Morgan fingerprint density at radius 3 is 2.45 bits per heavy atom. The lowest BCUT2D eigenvalue weighted by Crippen LogP contribution is -2.04. The monoisotopic (exact) mass is 290 g/mol. The highest BCUT2D eigenvalue weighted by Gasteiger charge is 2.14. The fourth-order valence-corrected chi connectivity index (χ4v) is 1.91. The molecule has 2 aromatic rings. The fourth-order valence-electron chi connectivity index (χ4n) is 1.78. The Kier molecular flexibility index (Phi) is 4.00. The zero-order valence-corrected chi connectivity index (χ0v) is 11.1. The number of ketones is 1. The zero-order chi connectivity index (χ0) is 14.7. The lowest BCUT2D eigenvalue weighted by molar-refractivity contribution is -0.383. The predicted molar refractivity (Wildman–Crippen MR) is 77.0 cm³/mol. The number of nitrogens with two attached hydrogens (primary N) is 1. The van der Waals surface area contributed by atoms with Crippen molar-refractivity contribution in [2.75, 3.05) is 5.73 Å². The van der Waals surface area contributed by atoms with E-state index in [9.17, 15) is 14.9 Å². The molecule has 0 aliphatic rings. The van der Waals surface area contributed by atoms with E-state index in [1.807, 2.05) is 0 Å². The van der Waals surface area contributed by atoms with E-state index < -0.39 is 4.92 Å². The van der Waals surface area contributed by atoms with Crippen molar-refractivity contribution in [3.8, 4) is 0 Å². The molecule has 0 heterocycles. The maximum Gasteiger partial charge on any atom is 0.292 e. The number of Topliss-reactive ketones (excluding diaryl/α,β-unsaturated/α-hetero) is 1. The van der Waals surface area contributed by atoms with E-state index in [1.165, 1.54) is 12.1 Å². The van der Waals surface area contributed by atoms with Crippen LogP contribution in [0.25, 0.3) is 0 Å². The molecule has 2 aromatic carbocycles. The highest BCUT2D eigenvalue weighted by molar-refractivity contribution is 6.30. The smallest absolute Gasteiger partial charge is 0.292 e. The van der Waals surface area contributed by atoms with Crippen LogP contribution in [0, 0.1) is 10.1 Å². The number of halogens is 1. The molecule has 5 nitrogen and oxygen atoms in total. The molecule has 20 heavy (non-hydrogen) atoms. The molecule has 0 aliphatic carbocycles. The summed E-state index contributed by atoms with van der Waals surface area (Å²) in [5.41, 5.74) is 6.46. The lowest BCUT2D eigenvalue weighted by atomic mass is 10.0. The first kappa shape index (κ1) is 14.0. The van der Waals surface area contributed by atoms with Crippen molar-refractivity contribution >= 4 is 28.8 Å². The van der Waals surface area contributed by atoms with E-state index in [2.05, 4.69) is 0 Å². The van der Waals surface area contributed by atoms with Crippen LogP contribution in [0.15, 0.2) is 42.5 Å². The van der Waals surface area contributed by atoms with Crippen LogP contribution in [0.2, 0.25) is 5.02 Å². The summed E-state index contributed by atoms with van der Waals surface area (Å²) in [6, 6.07) is 10.9. The first-order valence-corrected chi connectivity index (χ1v) is 6.17. The van der Waals surface area contributed by atoms with Gasteiger partial charge in [0.15, 0.2) is 5.78 Å². The van der Waals surface area contributed by atoms with Crippen LogP contribution in [0.4, 0.5) is 11.4 Å². The van der Waals surface area contributed by atoms with Gasteiger partial charge in [0.2, 0.25) is 0 Å². The topological polar surface area (TPSA) is 86.2 Å². The van der Waals surface area contributed by atoms with Crippen LogP contribution in [0.5, 0.6) is 0 Å². The summed E-state index contributed by atoms with van der Waals surface area (Å²) >= 11 is 5.75. The minimum atomic E-state index is -0.564. The third kappa shape index (κ3) is 3.13. The number of anilines is 1. The van der Waals surface area contributed by atoms with E-state index in [-0.39, 0.29) is 23.6 Å². The molecule has 0 aliphatic heterocycles. The molecular formula is C14H11ClN2O3. The van der Waals surface area contributed by atoms with Gasteiger partial charge in [-0.2, -0.15) is 0 Å². The molecule has 0 fully saturated rings. The highest BCUT2D eigenvalue weighted by Crippen LogP contribution is 2.23. The average molecular weight is 291 g/mol. The van der Waals surface area contributed by atoms with E-state index in [0.717, 1.165) is 0 Å². The second-order valence-corrected chi connectivity index (χ2v) is 4.69. The number of carbonyl (C=O) groups is 1. The average Bonchev–Trinajstić information content (AvgIpc) is 2.41. The maximum atomic E-state index is 12.0. The van der Waals surface area contributed by atoms with Gasteiger partial charge in [-0.05, 0) is 35.9 Å². The van der Waals surface area contributed by atoms with Gasteiger partial charge in [0.1, 0.15) is 5.69 Å². The summed E-state index contributed by atoms with van der Waals surface area (Å²) in [6.07, 6.45) is 0.0722. The molecule has 0 saturated heterocycles. The summed E-state index contributed by atoms with van der Waals surface area (Å²) in [7, 11) is 0. The van der Waals surface area contributed by atoms with E-state index in [1.54, 1.807) is 30.3 Å². The molecule has 2 rings (SSSR count). The largest absolute Gasteiger partial charge is 0.393 e. The first-order chi connectivity index (χ1) is 9.47. The number of carbonyl (C=O) groups excluding carboxylic acids is 1. The molecule has 0 atom stereocenters. The summed E-state index contributed by atoms with van der Waals surface area (Å²) in [5.74, 6) is -0.138. The van der Waals surface area contributed by atoms with Gasteiger partial charge < -0.3 is 5.73 Å². The Hall–Kier alpha value is -2.40. The van der Waals surface area contributed by atoms with Crippen molar-refractivity contribution in [1.29, 1.82) is 0 Å². The molecule has 0 amide bonds.